The molecule has 1 aromatic heterocycles. The van der Waals surface area contributed by atoms with Gasteiger partial charge in [-0.1, -0.05) is 28.1 Å². The fourth-order valence-corrected chi connectivity index (χ4v) is 3.91. The van der Waals surface area contributed by atoms with E-state index in [2.05, 4.69) is 70.6 Å². The molecule has 0 unspecified atom stereocenters. The Morgan fingerprint density at radius 3 is 2.96 bits per heavy atom. The second-order valence-corrected chi connectivity index (χ2v) is 7.77. The van der Waals surface area contributed by atoms with Crippen LogP contribution in [0.5, 0.6) is 0 Å². The topological polar surface area (TPSA) is 67.1 Å². The molecule has 0 atom stereocenters. The van der Waals surface area contributed by atoms with Crippen molar-refractivity contribution in [3.8, 4) is 0 Å². The van der Waals surface area contributed by atoms with Gasteiger partial charge in [-0.15, -0.1) is 10.2 Å². The molecule has 2 aliphatic rings. The van der Waals surface area contributed by atoms with Crippen molar-refractivity contribution in [2.45, 2.75) is 44.2 Å². The number of aromatic nitrogens is 3. The van der Waals surface area contributed by atoms with Crippen LogP contribution in [-0.4, -0.2) is 34.3 Å². The molecule has 1 fully saturated rings. The van der Waals surface area contributed by atoms with Crippen molar-refractivity contribution in [2.24, 2.45) is 4.99 Å². The number of aliphatic imine (C=N–C) groups is 1. The highest BCUT2D eigenvalue weighted by atomic mass is 79.9. The molecule has 1 aliphatic carbocycles. The molecule has 0 spiro atoms. The minimum atomic E-state index is 0.234. The van der Waals surface area contributed by atoms with Gasteiger partial charge < -0.3 is 15.2 Å². The summed E-state index contributed by atoms with van der Waals surface area (Å²) in [6.45, 7) is 2.56. The zero-order valence-corrected chi connectivity index (χ0v) is 16.0. The fraction of sp³-hybridized carbons (Fsp3) is 0.500. The fourth-order valence-electron chi connectivity index (χ4n) is 3.51. The molecule has 1 aromatic carbocycles. The molecule has 4 rings (SSSR count). The lowest BCUT2D eigenvalue weighted by Crippen LogP contribution is -2.41. The molecular weight excluding hydrogens is 380 g/mol. The molecule has 7 heteroatoms. The van der Waals surface area contributed by atoms with E-state index in [-0.39, 0.29) is 5.41 Å². The van der Waals surface area contributed by atoms with Gasteiger partial charge in [0.25, 0.3) is 0 Å². The summed E-state index contributed by atoms with van der Waals surface area (Å²) in [6, 6.07) is 8.63. The van der Waals surface area contributed by atoms with Gasteiger partial charge in [0.05, 0.1) is 6.54 Å². The van der Waals surface area contributed by atoms with E-state index >= 15 is 0 Å². The molecule has 132 valence electrons. The lowest BCUT2D eigenvalue weighted by Gasteiger charge is -2.19. The molecule has 2 N–H and O–H groups in total. The van der Waals surface area contributed by atoms with Gasteiger partial charge in [0.2, 0.25) is 0 Å². The first-order valence-electron chi connectivity index (χ1n) is 8.82. The van der Waals surface area contributed by atoms with E-state index in [0.29, 0.717) is 6.54 Å². The van der Waals surface area contributed by atoms with Gasteiger partial charge in [-0.2, -0.15) is 0 Å². The molecule has 25 heavy (non-hydrogen) atoms. The van der Waals surface area contributed by atoms with Crippen LogP contribution in [0.1, 0.15) is 36.5 Å². The van der Waals surface area contributed by atoms with Gasteiger partial charge in [-0.05, 0) is 37.0 Å². The number of nitrogens with one attached hydrogen (secondary N) is 2. The van der Waals surface area contributed by atoms with Crippen molar-refractivity contribution >= 4 is 21.9 Å². The quantitative estimate of drug-likeness (QED) is 0.594. The Morgan fingerprint density at radius 2 is 2.20 bits per heavy atom. The van der Waals surface area contributed by atoms with E-state index in [1.54, 1.807) is 0 Å². The predicted molar refractivity (Wildman–Crippen MR) is 102 cm³/mol. The SMILES string of the molecule is CN=C(NCc1nnc2n1CCC2)NCC1(c2cccc(Br)c2)CC1. The van der Waals surface area contributed by atoms with E-state index in [1.165, 1.54) is 24.8 Å². The summed E-state index contributed by atoms with van der Waals surface area (Å²) in [5, 5.41) is 15.4. The van der Waals surface area contributed by atoms with Gasteiger partial charge in [-0.3, -0.25) is 4.99 Å². The molecule has 0 amide bonds. The Kier molecular flexibility index (Phi) is 4.50. The van der Waals surface area contributed by atoms with Gasteiger partial charge in [-0.25, -0.2) is 0 Å². The van der Waals surface area contributed by atoms with Crippen molar-refractivity contribution in [2.75, 3.05) is 13.6 Å². The van der Waals surface area contributed by atoms with E-state index in [4.69, 9.17) is 0 Å². The van der Waals surface area contributed by atoms with Crippen LogP contribution in [0.4, 0.5) is 0 Å². The van der Waals surface area contributed by atoms with Crippen LogP contribution in [-0.2, 0) is 24.9 Å². The van der Waals surface area contributed by atoms with Gasteiger partial charge in [0.15, 0.2) is 11.8 Å². The molecule has 0 saturated heterocycles. The van der Waals surface area contributed by atoms with Crippen molar-refractivity contribution < 1.29 is 0 Å². The van der Waals surface area contributed by atoms with E-state index < -0.39 is 0 Å². The minimum Gasteiger partial charge on any atom is -0.356 e. The molecule has 2 aromatic rings. The van der Waals surface area contributed by atoms with Crippen LogP contribution in [0.25, 0.3) is 0 Å². The summed E-state index contributed by atoms with van der Waals surface area (Å²) in [5.74, 6) is 2.91. The van der Waals surface area contributed by atoms with E-state index in [9.17, 15) is 0 Å². The Bertz CT molecular complexity index is 793. The van der Waals surface area contributed by atoms with Crippen molar-refractivity contribution in [1.29, 1.82) is 0 Å². The maximum atomic E-state index is 4.35. The lowest BCUT2D eigenvalue weighted by atomic mass is 9.96. The summed E-state index contributed by atoms with van der Waals surface area (Å²) in [4.78, 5) is 4.35. The zero-order valence-electron chi connectivity index (χ0n) is 14.4. The Morgan fingerprint density at radius 1 is 1.32 bits per heavy atom. The Hall–Kier alpha value is -1.89. The number of halogens is 1. The van der Waals surface area contributed by atoms with Crippen molar-refractivity contribution in [1.82, 2.24) is 25.4 Å². The molecule has 2 heterocycles. The van der Waals surface area contributed by atoms with Crippen LogP contribution in [0.3, 0.4) is 0 Å². The molecule has 6 nitrogen and oxygen atoms in total. The highest BCUT2D eigenvalue weighted by molar-refractivity contribution is 9.10. The molecule has 0 radical (unpaired) electrons. The van der Waals surface area contributed by atoms with Crippen LogP contribution in [0, 0.1) is 0 Å². The Labute approximate surface area is 156 Å². The molecule has 1 saturated carbocycles. The number of hydrogen-bond acceptors (Lipinski definition) is 3. The first-order chi connectivity index (χ1) is 12.2. The number of aryl methyl sites for hydroxylation is 1. The van der Waals surface area contributed by atoms with Gasteiger partial charge >= 0.3 is 0 Å². The number of rotatable bonds is 5. The molecule has 1 aliphatic heterocycles. The minimum absolute atomic E-state index is 0.234. The van der Waals surface area contributed by atoms with Crippen molar-refractivity contribution in [3.05, 3.63) is 46.0 Å². The van der Waals surface area contributed by atoms with Crippen LogP contribution < -0.4 is 10.6 Å². The summed E-state index contributed by atoms with van der Waals surface area (Å²) in [5.41, 5.74) is 1.62. The van der Waals surface area contributed by atoms with Gasteiger partial charge in [0.1, 0.15) is 5.82 Å². The number of nitrogens with zero attached hydrogens (tertiary/aromatic N) is 4. The highest BCUT2D eigenvalue weighted by Gasteiger charge is 2.44. The second kappa shape index (κ2) is 6.78. The summed E-state index contributed by atoms with van der Waals surface area (Å²) in [6.07, 6.45) is 4.63. The largest absolute Gasteiger partial charge is 0.356 e. The number of hydrogen-bond donors (Lipinski definition) is 2. The number of fused-ring (bicyclic) bond motifs is 1. The molecule has 0 bridgehead atoms. The third-order valence-electron chi connectivity index (χ3n) is 5.21. The average molecular weight is 403 g/mol. The maximum Gasteiger partial charge on any atom is 0.191 e. The van der Waals surface area contributed by atoms with E-state index in [1.807, 2.05) is 7.05 Å². The maximum absolute atomic E-state index is 4.35. The predicted octanol–water partition coefficient (Wildman–Crippen LogP) is 2.38. The van der Waals surface area contributed by atoms with Crippen LogP contribution in [0.15, 0.2) is 33.7 Å². The van der Waals surface area contributed by atoms with Crippen LogP contribution in [0.2, 0.25) is 0 Å². The second-order valence-electron chi connectivity index (χ2n) is 6.86. The standard InChI is InChI=1S/C18H23BrN6/c1-20-17(21-11-16-24-23-15-6-3-9-25(15)16)22-12-18(7-8-18)13-4-2-5-14(19)10-13/h2,4-5,10H,3,6-9,11-12H2,1H3,(H2,20,21,22). The lowest BCUT2D eigenvalue weighted by molar-refractivity contribution is 0.632. The normalized spacial score (nSPS) is 18.1. The van der Waals surface area contributed by atoms with Crippen LogP contribution >= 0.6 is 15.9 Å². The zero-order chi connectivity index (χ0) is 17.3. The third-order valence-corrected chi connectivity index (χ3v) is 5.70. The Balaban J connectivity index is 1.35. The summed E-state index contributed by atoms with van der Waals surface area (Å²) >= 11 is 3.58. The highest BCUT2D eigenvalue weighted by Crippen LogP contribution is 2.48. The number of benzene rings is 1. The monoisotopic (exact) mass is 402 g/mol. The van der Waals surface area contributed by atoms with E-state index in [0.717, 1.165) is 41.6 Å². The smallest absolute Gasteiger partial charge is 0.191 e. The molecular formula is C18H23BrN6. The third kappa shape index (κ3) is 3.42. The first kappa shape index (κ1) is 16.6. The van der Waals surface area contributed by atoms with Gasteiger partial charge in [0, 0.05) is 36.4 Å². The van der Waals surface area contributed by atoms with Crippen molar-refractivity contribution in [3.63, 3.8) is 0 Å². The number of guanidine groups is 1. The average Bonchev–Trinajstić information content (AvgIpc) is 3.09. The summed E-state index contributed by atoms with van der Waals surface area (Å²) < 4.78 is 3.35. The first-order valence-corrected chi connectivity index (χ1v) is 9.61. The summed E-state index contributed by atoms with van der Waals surface area (Å²) in [7, 11) is 1.81.